The third kappa shape index (κ3) is 5.00. The van der Waals surface area contributed by atoms with E-state index in [-0.39, 0.29) is 5.41 Å². The predicted molar refractivity (Wildman–Crippen MR) is 183 cm³/mol. The molecule has 0 atom stereocenters. The molecule has 0 amide bonds. The largest absolute Gasteiger partial charge is 0.356 e. The van der Waals surface area contributed by atoms with Crippen LogP contribution in [0.3, 0.4) is 0 Å². The van der Waals surface area contributed by atoms with Crippen LogP contribution in [0.25, 0.3) is 22.3 Å². The summed E-state index contributed by atoms with van der Waals surface area (Å²) in [5, 5.41) is 3.50. The highest BCUT2D eigenvalue weighted by Crippen LogP contribution is 2.50. The molecule has 7 rings (SSSR count). The molecule has 0 heterocycles. The molecule has 0 saturated heterocycles. The van der Waals surface area contributed by atoms with E-state index in [1.807, 2.05) is 0 Å². The van der Waals surface area contributed by atoms with E-state index in [1.165, 1.54) is 50.2 Å². The van der Waals surface area contributed by atoms with Gasteiger partial charge in [0.25, 0.3) is 0 Å². The molecular weight excluding hydrogens is 520 g/mol. The zero-order valence-corrected chi connectivity index (χ0v) is 25.2. The fourth-order valence-electron chi connectivity index (χ4n) is 6.32. The first-order chi connectivity index (χ1) is 20.9. The lowest BCUT2D eigenvalue weighted by Crippen LogP contribution is -2.16. The van der Waals surface area contributed by atoms with Gasteiger partial charge in [-0.3, -0.25) is 0 Å². The van der Waals surface area contributed by atoms with Gasteiger partial charge in [-0.1, -0.05) is 104 Å². The van der Waals surface area contributed by atoms with E-state index in [2.05, 4.69) is 177 Å². The van der Waals surface area contributed by atoms with E-state index in [9.17, 15) is 0 Å². The van der Waals surface area contributed by atoms with Gasteiger partial charge in [0.2, 0.25) is 0 Å². The number of aryl methyl sites for hydroxylation is 2. The second-order valence-corrected chi connectivity index (χ2v) is 12.2. The SMILES string of the molecule is Cc1ccc(Nc2ccc(-c3ccc(N(c4ccc(C)cc4)c4ccc5c(c4)C(C)(C)c4ccccc4-5)cc3)cc2)cc1. The van der Waals surface area contributed by atoms with Crippen molar-refractivity contribution in [3.8, 4) is 22.3 Å². The Balaban J connectivity index is 1.21. The topological polar surface area (TPSA) is 15.3 Å². The smallest absolute Gasteiger partial charge is 0.0465 e. The Morgan fingerprint density at radius 1 is 0.465 bits per heavy atom. The van der Waals surface area contributed by atoms with Gasteiger partial charge in [0.05, 0.1) is 0 Å². The van der Waals surface area contributed by atoms with Gasteiger partial charge < -0.3 is 10.2 Å². The monoisotopic (exact) mass is 556 g/mol. The molecule has 1 aliphatic rings. The van der Waals surface area contributed by atoms with Crippen molar-refractivity contribution < 1.29 is 0 Å². The van der Waals surface area contributed by atoms with Gasteiger partial charge in [-0.25, -0.2) is 0 Å². The lowest BCUT2D eigenvalue weighted by molar-refractivity contribution is 0.660. The number of rotatable bonds is 6. The number of nitrogens with one attached hydrogen (secondary N) is 1. The third-order valence-electron chi connectivity index (χ3n) is 8.80. The van der Waals surface area contributed by atoms with E-state index < -0.39 is 0 Å². The molecule has 0 saturated carbocycles. The molecule has 0 unspecified atom stereocenters. The number of anilines is 5. The maximum absolute atomic E-state index is 3.50. The first-order valence-electron chi connectivity index (χ1n) is 15.0. The molecule has 2 nitrogen and oxygen atoms in total. The first kappa shape index (κ1) is 26.8. The quantitative estimate of drug-likeness (QED) is 0.219. The summed E-state index contributed by atoms with van der Waals surface area (Å²) in [5.41, 5.74) is 15.9. The van der Waals surface area contributed by atoms with Gasteiger partial charge in [-0.05, 0) is 108 Å². The second-order valence-electron chi connectivity index (χ2n) is 12.2. The molecule has 0 radical (unpaired) electrons. The zero-order valence-electron chi connectivity index (χ0n) is 25.2. The second kappa shape index (κ2) is 10.6. The van der Waals surface area contributed by atoms with Crippen molar-refractivity contribution in [3.05, 3.63) is 162 Å². The van der Waals surface area contributed by atoms with Crippen LogP contribution in [-0.2, 0) is 5.41 Å². The standard InChI is InChI=1S/C41H36N2/c1-28-9-17-32(18-10-28)42-33-19-13-30(14-20-33)31-15-23-35(24-16-31)43(34-21-11-29(2)12-22-34)36-25-26-38-37-7-5-6-8-39(37)41(3,4)40(38)27-36/h5-27,42H,1-4H3. The number of nitrogens with zero attached hydrogens (tertiary/aromatic N) is 1. The summed E-state index contributed by atoms with van der Waals surface area (Å²) in [5.74, 6) is 0. The maximum atomic E-state index is 3.50. The van der Waals surface area contributed by atoms with Crippen molar-refractivity contribution >= 4 is 28.4 Å². The average Bonchev–Trinajstić information content (AvgIpc) is 3.26. The van der Waals surface area contributed by atoms with Crippen molar-refractivity contribution in [2.24, 2.45) is 0 Å². The van der Waals surface area contributed by atoms with Gasteiger partial charge in [-0.15, -0.1) is 0 Å². The summed E-state index contributed by atoms with van der Waals surface area (Å²) in [6.45, 7) is 8.93. The molecule has 6 aromatic rings. The van der Waals surface area contributed by atoms with Crippen LogP contribution in [0.2, 0.25) is 0 Å². The summed E-state index contributed by atoms with van der Waals surface area (Å²) in [4.78, 5) is 2.37. The third-order valence-corrected chi connectivity index (χ3v) is 8.80. The molecule has 0 spiro atoms. The summed E-state index contributed by atoms with van der Waals surface area (Å²) in [7, 11) is 0. The molecule has 0 aromatic heterocycles. The van der Waals surface area contributed by atoms with Crippen LogP contribution >= 0.6 is 0 Å². The first-order valence-corrected chi connectivity index (χ1v) is 15.0. The molecule has 6 aromatic carbocycles. The van der Waals surface area contributed by atoms with Crippen LogP contribution in [-0.4, -0.2) is 0 Å². The lowest BCUT2D eigenvalue weighted by atomic mass is 9.82. The van der Waals surface area contributed by atoms with Gasteiger partial charge in [0.1, 0.15) is 0 Å². The van der Waals surface area contributed by atoms with E-state index in [1.54, 1.807) is 0 Å². The van der Waals surface area contributed by atoms with Crippen LogP contribution in [0.1, 0.15) is 36.1 Å². The van der Waals surface area contributed by atoms with Gasteiger partial charge in [0, 0.05) is 33.9 Å². The molecule has 1 aliphatic carbocycles. The Bertz CT molecular complexity index is 1900. The molecule has 0 aliphatic heterocycles. The van der Waals surface area contributed by atoms with Crippen molar-refractivity contribution in [1.29, 1.82) is 0 Å². The van der Waals surface area contributed by atoms with Gasteiger partial charge >= 0.3 is 0 Å². The van der Waals surface area contributed by atoms with Crippen LogP contribution in [0, 0.1) is 13.8 Å². The Hall–Kier alpha value is -5.08. The molecule has 43 heavy (non-hydrogen) atoms. The van der Waals surface area contributed by atoms with Crippen LogP contribution in [0.15, 0.2) is 140 Å². The minimum Gasteiger partial charge on any atom is -0.356 e. The lowest BCUT2D eigenvalue weighted by Gasteiger charge is -2.28. The number of fused-ring (bicyclic) bond motifs is 3. The zero-order chi connectivity index (χ0) is 29.6. The number of hydrogen-bond donors (Lipinski definition) is 1. The Kier molecular flexibility index (Phi) is 6.63. The predicted octanol–water partition coefficient (Wildman–Crippen LogP) is 11.5. The Morgan fingerprint density at radius 2 is 0.930 bits per heavy atom. The van der Waals surface area contributed by atoms with E-state index in [0.717, 1.165) is 22.7 Å². The fraction of sp³-hybridized carbons (Fsp3) is 0.122. The highest BCUT2D eigenvalue weighted by atomic mass is 15.1. The molecule has 210 valence electrons. The Morgan fingerprint density at radius 3 is 1.56 bits per heavy atom. The average molecular weight is 557 g/mol. The highest BCUT2D eigenvalue weighted by molar-refractivity contribution is 5.86. The van der Waals surface area contributed by atoms with Crippen molar-refractivity contribution in [2.45, 2.75) is 33.1 Å². The number of hydrogen-bond acceptors (Lipinski definition) is 2. The van der Waals surface area contributed by atoms with Crippen molar-refractivity contribution in [3.63, 3.8) is 0 Å². The molecule has 1 N–H and O–H groups in total. The molecule has 2 heteroatoms. The van der Waals surface area contributed by atoms with E-state index >= 15 is 0 Å². The molecule has 0 fully saturated rings. The van der Waals surface area contributed by atoms with Crippen LogP contribution in [0.4, 0.5) is 28.4 Å². The highest BCUT2D eigenvalue weighted by Gasteiger charge is 2.35. The van der Waals surface area contributed by atoms with Crippen molar-refractivity contribution in [1.82, 2.24) is 0 Å². The van der Waals surface area contributed by atoms with Crippen LogP contribution in [0.5, 0.6) is 0 Å². The van der Waals surface area contributed by atoms with Gasteiger partial charge in [-0.2, -0.15) is 0 Å². The molecular formula is C41H36N2. The normalized spacial score (nSPS) is 12.8. The summed E-state index contributed by atoms with van der Waals surface area (Å²) in [6.07, 6.45) is 0. The summed E-state index contributed by atoms with van der Waals surface area (Å²) in [6, 6.07) is 50.7. The van der Waals surface area contributed by atoms with Gasteiger partial charge in [0.15, 0.2) is 0 Å². The van der Waals surface area contributed by atoms with E-state index in [0.29, 0.717) is 0 Å². The summed E-state index contributed by atoms with van der Waals surface area (Å²) >= 11 is 0. The number of benzene rings is 6. The van der Waals surface area contributed by atoms with E-state index in [4.69, 9.17) is 0 Å². The Labute approximate surface area is 255 Å². The van der Waals surface area contributed by atoms with Crippen LogP contribution < -0.4 is 10.2 Å². The van der Waals surface area contributed by atoms with Crippen molar-refractivity contribution in [2.75, 3.05) is 10.2 Å². The minimum atomic E-state index is -0.0504. The summed E-state index contributed by atoms with van der Waals surface area (Å²) < 4.78 is 0. The molecule has 0 bridgehead atoms. The fourth-order valence-corrected chi connectivity index (χ4v) is 6.32. The maximum Gasteiger partial charge on any atom is 0.0465 e. The minimum absolute atomic E-state index is 0.0504.